The second kappa shape index (κ2) is 6.04. The van der Waals surface area contributed by atoms with Crippen LogP contribution >= 0.6 is 11.6 Å². The first-order valence-electron chi connectivity index (χ1n) is 5.74. The van der Waals surface area contributed by atoms with Crippen LogP contribution in [0.5, 0.6) is 0 Å². The molecule has 0 aliphatic heterocycles. The summed E-state index contributed by atoms with van der Waals surface area (Å²) in [6.45, 7) is 3.49. The zero-order chi connectivity index (χ0) is 13.7. The van der Waals surface area contributed by atoms with Gasteiger partial charge in [-0.1, -0.05) is 42.2 Å². The highest BCUT2D eigenvalue weighted by molar-refractivity contribution is 6.30. The Hall–Kier alpha value is -2.30. The van der Waals surface area contributed by atoms with E-state index < -0.39 is 0 Å². The number of rotatable bonds is 2. The highest BCUT2D eigenvalue weighted by atomic mass is 35.5. The Labute approximate surface area is 117 Å². The molecule has 0 atom stereocenters. The number of carbonyl (C=O) groups excluding carboxylic acids is 1. The number of hydrogen-bond donors (Lipinski definition) is 0. The normalized spacial score (nSPS) is 9.32. The molecule has 2 aromatic carbocycles. The maximum absolute atomic E-state index is 11.7. The number of ketones is 1. The summed E-state index contributed by atoms with van der Waals surface area (Å²) in [7, 11) is 0. The summed E-state index contributed by atoms with van der Waals surface area (Å²) in [6.07, 6.45) is 1.29. The first-order chi connectivity index (χ1) is 9.20. The molecule has 0 aliphatic rings. The van der Waals surface area contributed by atoms with Gasteiger partial charge in [0, 0.05) is 21.7 Å². The molecule has 0 aromatic heterocycles. The van der Waals surface area contributed by atoms with E-state index in [1.807, 2.05) is 30.3 Å². The molecule has 0 bridgehead atoms. The van der Waals surface area contributed by atoms with Gasteiger partial charge in [0.1, 0.15) is 0 Å². The Morgan fingerprint density at radius 3 is 2.42 bits per heavy atom. The van der Waals surface area contributed by atoms with Crippen LogP contribution < -0.4 is 0 Å². The molecule has 2 heteroatoms. The van der Waals surface area contributed by atoms with Crippen LogP contribution in [-0.4, -0.2) is 5.78 Å². The average Bonchev–Trinajstić information content (AvgIpc) is 2.46. The molecule has 0 fully saturated rings. The standard InChI is InChI=1S/C17H11ClO/c1-2-17(19)16-6-4-3-5-14(16)10-7-13-8-11-15(18)12-9-13/h2-6,8-9,11-12H,1H2. The fourth-order valence-corrected chi connectivity index (χ4v) is 1.72. The van der Waals surface area contributed by atoms with Gasteiger partial charge in [0.15, 0.2) is 5.78 Å². The first-order valence-corrected chi connectivity index (χ1v) is 6.12. The van der Waals surface area contributed by atoms with Gasteiger partial charge in [-0.05, 0) is 42.5 Å². The Bertz CT molecular complexity index is 672. The van der Waals surface area contributed by atoms with E-state index in [4.69, 9.17) is 11.6 Å². The van der Waals surface area contributed by atoms with E-state index in [0.29, 0.717) is 16.1 Å². The molecule has 0 radical (unpaired) electrons. The molecule has 0 saturated carbocycles. The van der Waals surface area contributed by atoms with Crippen LogP contribution in [0.25, 0.3) is 0 Å². The number of hydrogen-bond acceptors (Lipinski definition) is 1. The monoisotopic (exact) mass is 266 g/mol. The van der Waals surface area contributed by atoms with Crippen LogP contribution in [0.2, 0.25) is 5.02 Å². The molecule has 2 aromatic rings. The Kier molecular flexibility index (Phi) is 4.18. The van der Waals surface area contributed by atoms with Crippen molar-refractivity contribution >= 4 is 17.4 Å². The van der Waals surface area contributed by atoms with E-state index in [0.717, 1.165) is 5.56 Å². The van der Waals surface area contributed by atoms with Crippen LogP contribution in [0.1, 0.15) is 21.5 Å². The van der Waals surface area contributed by atoms with Crippen molar-refractivity contribution in [3.63, 3.8) is 0 Å². The Morgan fingerprint density at radius 2 is 1.74 bits per heavy atom. The Balaban J connectivity index is 2.37. The maximum Gasteiger partial charge on any atom is 0.186 e. The van der Waals surface area contributed by atoms with Crippen LogP contribution in [0.4, 0.5) is 0 Å². The molecule has 0 N–H and O–H groups in total. The molecule has 2 rings (SSSR count). The van der Waals surface area contributed by atoms with Crippen molar-refractivity contribution in [2.24, 2.45) is 0 Å². The lowest BCUT2D eigenvalue weighted by Crippen LogP contribution is -1.97. The number of benzene rings is 2. The van der Waals surface area contributed by atoms with E-state index in [-0.39, 0.29) is 5.78 Å². The van der Waals surface area contributed by atoms with Crippen molar-refractivity contribution in [3.8, 4) is 11.8 Å². The lowest BCUT2D eigenvalue weighted by molar-refractivity contribution is 0.104. The molecular formula is C17H11ClO. The van der Waals surface area contributed by atoms with Crippen LogP contribution in [0, 0.1) is 11.8 Å². The molecule has 0 saturated heterocycles. The Morgan fingerprint density at radius 1 is 1.05 bits per heavy atom. The quantitative estimate of drug-likeness (QED) is 0.454. The summed E-state index contributed by atoms with van der Waals surface area (Å²) < 4.78 is 0. The topological polar surface area (TPSA) is 17.1 Å². The summed E-state index contributed by atoms with van der Waals surface area (Å²) in [6, 6.07) is 14.5. The summed E-state index contributed by atoms with van der Waals surface area (Å²) in [4.78, 5) is 11.7. The van der Waals surface area contributed by atoms with Gasteiger partial charge >= 0.3 is 0 Å². The highest BCUT2D eigenvalue weighted by Gasteiger charge is 2.04. The lowest BCUT2D eigenvalue weighted by Gasteiger charge is -1.99. The zero-order valence-corrected chi connectivity index (χ0v) is 10.9. The smallest absolute Gasteiger partial charge is 0.186 e. The fraction of sp³-hybridized carbons (Fsp3) is 0. The molecule has 0 spiro atoms. The third kappa shape index (κ3) is 3.34. The van der Waals surface area contributed by atoms with Gasteiger partial charge in [-0.25, -0.2) is 0 Å². The molecule has 19 heavy (non-hydrogen) atoms. The number of halogens is 1. The highest BCUT2D eigenvalue weighted by Crippen LogP contribution is 2.11. The minimum atomic E-state index is -0.124. The second-order valence-corrected chi connectivity index (χ2v) is 4.31. The third-order valence-corrected chi connectivity index (χ3v) is 2.82. The van der Waals surface area contributed by atoms with Crippen molar-refractivity contribution in [2.75, 3.05) is 0 Å². The number of allylic oxidation sites excluding steroid dienone is 1. The number of carbonyl (C=O) groups is 1. The average molecular weight is 267 g/mol. The van der Waals surface area contributed by atoms with Crippen molar-refractivity contribution in [1.29, 1.82) is 0 Å². The zero-order valence-electron chi connectivity index (χ0n) is 10.2. The van der Waals surface area contributed by atoms with Gasteiger partial charge < -0.3 is 0 Å². The minimum absolute atomic E-state index is 0.124. The van der Waals surface area contributed by atoms with E-state index in [1.165, 1.54) is 6.08 Å². The molecule has 0 amide bonds. The van der Waals surface area contributed by atoms with Crippen molar-refractivity contribution in [1.82, 2.24) is 0 Å². The lowest BCUT2D eigenvalue weighted by atomic mass is 10.0. The third-order valence-electron chi connectivity index (χ3n) is 2.56. The van der Waals surface area contributed by atoms with Crippen LogP contribution in [-0.2, 0) is 0 Å². The van der Waals surface area contributed by atoms with Crippen LogP contribution in [0.15, 0.2) is 61.2 Å². The maximum atomic E-state index is 11.7. The predicted molar refractivity (Wildman–Crippen MR) is 78.4 cm³/mol. The molecule has 0 heterocycles. The summed E-state index contributed by atoms with van der Waals surface area (Å²) in [5.41, 5.74) is 2.12. The summed E-state index contributed by atoms with van der Waals surface area (Å²) in [5.74, 6) is 5.89. The second-order valence-electron chi connectivity index (χ2n) is 3.87. The van der Waals surface area contributed by atoms with E-state index in [9.17, 15) is 4.79 Å². The summed E-state index contributed by atoms with van der Waals surface area (Å²) in [5, 5.41) is 0.674. The first kappa shape index (κ1) is 13.1. The molecule has 0 unspecified atom stereocenters. The SMILES string of the molecule is C=CC(=O)c1ccccc1C#Cc1ccc(Cl)cc1. The van der Waals surface area contributed by atoms with Crippen molar-refractivity contribution in [2.45, 2.75) is 0 Å². The van der Waals surface area contributed by atoms with Crippen molar-refractivity contribution < 1.29 is 4.79 Å². The largest absolute Gasteiger partial charge is 0.289 e. The van der Waals surface area contributed by atoms with Gasteiger partial charge in [0.05, 0.1) is 0 Å². The summed E-state index contributed by atoms with van der Waals surface area (Å²) >= 11 is 5.81. The van der Waals surface area contributed by atoms with Gasteiger partial charge in [-0.2, -0.15) is 0 Å². The van der Waals surface area contributed by atoms with Gasteiger partial charge in [0.25, 0.3) is 0 Å². The van der Waals surface area contributed by atoms with Gasteiger partial charge in [-0.15, -0.1) is 0 Å². The molecule has 0 aliphatic carbocycles. The van der Waals surface area contributed by atoms with Crippen LogP contribution in [0.3, 0.4) is 0 Å². The minimum Gasteiger partial charge on any atom is -0.289 e. The molecule has 92 valence electrons. The van der Waals surface area contributed by atoms with E-state index in [1.54, 1.807) is 18.2 Å². The molecular weight excluding hydrogens is 256 g/mol. The molecule has 1 nitrogen and oxygen atoms in total. The van der Waals surface area contributed by atoms with Crippen molar-refractivity contribution in [3.05, 3.63) is 82.9 Å². The van der Waals surface area contributed by atoms with E-state index >= 15 is 0 Å². The van der Waals surface area contributed by atoms with E-state index in [2.05, 4.69) is 18.4 Å². The fourth-order valence-electron chi connectivity index (χ4n) is 1.59. The van der Waals surface area contributed by atoms with Gasteiger partial charge in [0.2, 0.25) is 0 Å². The predicted octanol–water partition coefficient (Wildman–Crippen LogP) is 4.11. The van der Waals surface area contributed by atoms with Gasteiger partial charge in [-0.3, -0.25) is 4.79 Å².